The zero-order valence-electron chi connectivity index (χ0n) is 9.87. The van der Waals surface area contributed by atoms with Crippen LogP contribution >= 0.6 is 12.6 Å². The minimum absolute atomic E-state index is 0.0101. The maximum atomic E-state index is 13.0. The van der Waals surface area contributed by atoms with E-state index in [0.29, 0.717) is 12.2 Å². The monoisotopic (exact) mass is 257 g/mol. The molecule has 1 rings (SSSR count). The molecule has 94 valence electrons. The SMILES string of the molecule is COCCC(C)NC(=O)c1ccc(F)c(S)c1. The quantitative estimate of drug-likeness (QED) is 0.794. The second-order valence-corrected chi connectivity index (χ2v) is 4.30. The molecule has 17 heavy (non-hydrogen) atoms. The fourth-order valence-corrected chi connectivity index (χ4v) is 1.54. The van der Waals surface area contributed by atoms with Crippen LogP contribution < -0.4 is 5.32 Å². The zero-order valence-corrected chi connectivity index (χ0v) is 10.8. The van der Waals surface area contributed by atoms with Gasteiger partial charge in [-0.15, -0.1) is 12.6 Å². The van der Waals surface area contributed by atoms with Crippen LogP contribution in [0.5, 0.6) is 0 Å². The summed E-state index contributed by atoms with van der Waals surface area (Å²) in [7, 11) is 1.61. The van der Waals surface area contributed by atoms with Crippen LogP contribution in [0.3, 0.4) is 0 Å². The number of amides is 1. The van der Waals surface area contributed by atoms with E-state index in [-0.39, 0.29) is 16.8 Å². The van der Waals surface area contributed by atoms with Crippen LogP contribution in [0.1, 0.15) is 23.7 Å². The molecule has 0 aliphatic carbocycles. The molecule has 1 aromatic carbocycles. The number of rotatable bonds is 5. The highest BCUT2D eigenvalue weighted by atomic mass is 32.1. The third kappa shape index (κ3) is 4.36. The van der Waals surface area contributed by atoms with E-state index in [2.05, 4.69) is 17.9 Å². The summed E-state index contributed by atoms with van der Waals surface area (Å²) in [6.07, 6.45) is 0.733. The van der Waals surface area contributed by atoms with Crippen LogP contribution in [0.4, 0.5) is 4.39 Å². The highest BCUT2D eigenvalue weighted by molar-refractivity contribution is 7.80. The van der Waals surface area contributed by atoms with Gasteiger partial charge in [-0.1, -0.05) is 0 Å². The summed E-state index contributed by atoms with van der Waals surface area (Å²) in [5.41, 5.74) is 0.403. The van der Waals surface area contributed by atoms with Gasteiger partial charge < -0.3 is 10.1 Å². The Balaban J connectivity index is 2.60. The van der Waals surface area contributed by atoms with Gasteiger partial charge in [-0.3, -0.25) is 4.79 Å². The van der Waals surface area contributed by atoms with Crippen LogP contribution in [0, 0.1) is 5.82 Å². The van der Waals surface area contributed by atoms with Gasteiger partial charge in [-0.05, 0) is 31.5 Å². The first-order valence-electron chi connectivity index (χ1n) is 5.33. The van der Waals surface area contributed by atoms with E-state index in [0.717, 1.165) is 6.42 Å². The van der Waals surface area contributed by atoms with Crippen LogP contribution in [0.25, 0.3) is 0 Å². The Morgan fingerprint density at radius 3 is 2.88 bits per heavy atom. The number of nitrogens with one attached hydrogen (secondary N) is 1. The predicted octanol–water partition coefficient (Wildman–Crippen LogP) is 2.27. The summed E-state index contributed by atoms with van der Waals surface area (Å²) in [4.78, 5) is 11.9. The Morgan fingerprint density at radius 1 is 1.59 bits per heavy atom. The van der Waals surface area contributed by atoms with E-state index in [4.69, 9.17) is 4.74 Å². The summed E-state index contributed by atoms with van der Waals surface area (Å²) in [5, 5.41) is 2.80. The number of halogens is 1. The van der Waals surface area contributed by atoms with Gasteiger partial charge in [0.1, 0.15) is 5.82 Å². The highest BCUT2D eigenvalue weighted by Crippen LogP contribution is 2.14. The van der Waals surface area contributed by atoms with Gasteiger partial charge in [0, 0.05) is 30.2 Å². The van der Waals surface area contributed by atoms with Crippen LogP contribution in [0.2, 0.25) is 0 Å². The summed E-state index contributed by atoms with van der Waals surface area (Å²) in [6.45, 7) is 2.48. The lowest BCUT2D eigenvalue weighted by Crippen LogP contribution is -2.33. The molecule has 0 saturated carbocycles. The van der Waals surface area contributed by atoms with Gasteiger partial charge in [0.25, 0.3) is 5.91 Å². The number of hydrogen-bond acceptors (Lipinski definition) is 3. The van der Waals surface area contributed by atoms with Crippen molar-refractivity contribution < 1.29 is 13.9 Å². The predicted molar refractivity (Wildman–Crippen MR) is 67.1 cm³/mol. The van der Waals surface area contributed by atoms with Gasteiger partial charge >= 0.3 is 0 Å². The molecule has 0 bridgehead atoms. The molecule has 0 aromatic heterocycles. The van der Waals surface area contributed by atoms with Crippen molar-refractivity contribution >= 4 is 18.5 Å². The molecule has 0 radical (unpaired) electrons. The molecule has 1 atom stereocenters. The van der Waals surface area contributed by atoms with E-state index in [1.165, 1.54) is 18.2 Å². The van der Waals surface area contributed by atoms with Crippen LogP contribution in [-0.2, 0) is 4.74 Å². The molecule has 1 amide bonds. The minimum Gasteiger partial charge on any atom is -0.385 e. The molecule has 0 aliphatic rings. The first kappa shape index (κ1) is 14.0. The number of ether oxygens (including phenoxy) is 1. The first-order valence-corrected chi connectivity index (χ1v) is 5.77. The average Bonchev–Trinajstić information content (AvgIpc) is 2.30. The van der Waals surface area contributed by atoms with Gasteiger partial charge in [-0.2, -0.15) is 0 Å². The Hall–Kier alpha value is -1.07. The number of thiol groups is 1. The summed E-state index contributed by atoms with van der Waals surface area (Å²) in [5.74, 6) is -0.666. The fraction of sp³-hybridized carbons (Fsp3) is 0.417. The molecular weight excluding hydrogens is 241 g/mol. The zero-order chi connectivity index (χ0) is 12.8. The van der Waals surface area contributed by atoms with Crippen LogP contribution in [-0.4, -0.2) is 25.7 Å². The van der Waals surface area contributed by atoms with E-state index < -0.39 is 5.82 Å². The van der Waals surface area contributed by atoms with E-state index >= 15 is 0 Å². The maximum Gasteiger partial charge on any atom is 0.251 e. The van der Waals surface area contributed by atoms with Gasteiger partial charge in [0.2, 0.25) is 0 Å². The third-order valence-electron chi connectivity index (χ3n) is 2.34. The average molecular weight is 257 g/mol. The molecule has 1 aromatic rings. The standard InChI is InChI=1S/C12H16FNO2S/c1-8(5-6-16-2)14-12(15)9-3-4-10(13)11(17)7-9/h3-4,7-8,17H,5-6H2,1-2H3,(H,14,15). The Bertz CT molecular complexity index is 398. The number of methoxy groups -OCH3 is 1. The van der Waals surface area contributed by atoms with Crippen molar-refractivity contribution in [1.82, 2.24) is 5.32 Å². The third-order valence-corrected chi connectivity index (χ3v) is 2.68. The first-order chi connectivity index (χ1) is 8.04. The lowest BCUT2D eigenvalue weighted by Gasteiger charge is -2.13. The lowest BCUT2D eigenvalue weighted by molar-refractivity contribution is 0.0929. The molecular formula is C12H16FNO2S. The summed E-state index contributed by atoms with van der Waals surface area (Å²) >= 11 is 3.93. The molecule has 0 fully saturated rings. The van der Waals surface area contributed by atoms with E-state index in [9.17, 15) is 9.18 Å². The molecule has 1 N–H and O–H groups in total. The largest absolute Gasteiger partial charge is 0.385 e. The number of benzene rings is 1. The van der Waals surface area contributed by atoms with Gasteiger partial charge in [-0.25, -0.2) is 4.39 Å². The van der Waals surface area contributed by atoms with E-state index in [1.807, 2.05) is 6.92 Å². The van der Waals surface area contributed by atoms with Crippen molar-refractivity contribution in [2.45, 2.75) is 24.3 Å². The fourth-order valence-electron chi connectivity index (χ4n) is 1.33. The number of hydrogen-bond donors (Lipinski definition) is 2. The minimum atomic E-state index is -0.433. The lowest BCUT2D eigenvalue weighted by atomic mass is 10.2. The Morgan fingerprint density at radius 2 is 2.29 bits per heavy atom. The molecule has 1 unspecified atom stereocenters. The normalized spacial score (nSPS) is 12.2. The Labute approximate surface area is 106 Å². The van der Waals surface area contributed by atoms with Crippen molar-refractivity contribution in [2.24, 2.45) is 0 Å². The van der Waals surface area contributed by atoms with Crippen molar-refractivity contribution in [2.75, 3.05) is 13.7 Å². The molecule has 0 heterocycles. The second-order valence-electron chi connectivity index (χ2n) is 3.82. The highest BCUT2D eigenvalue weighted by Gasteiger charge is 2.11. The van der Waals surface area contributed by atoms with Crippen molar-refractivity contribution in [1.29, 1.82) is 0 Å². The van der Waals surface area contributed by atoms with Crippen molar-refractivity contribution in [3.63, 3.8) is 0 Å². The topological polar surface area (TPSA) is 38.3 Å². The summed E-state index contributed by atoms with van der Waals surface area (Å²) < 4.78 is 17.9. The molecule has 0 saturated heterocycles. The molecule has 3 nitrogen and oxygen atoms in total. The van der Waals surface area contributed by atoms with E-state index in [1.54, 1.807) is 7.11 Å². The van der Waals surface area contributed by atoms with Crippen molar-refractivity contribution in [3.8, 4) is 0 Å². The number of carbonyl (C=O) groups is 1. The van der Waals surface area contributed by atoms with Gasteiger partial charge in [0.05, 0.1) is 0 Å². The second kappa shape index (κ2) is 6.61. The van der Waals surface area contributed by atoms with Crippen LogP contribution in [0.15, 0.2) is 23.1 Å². The molecule has 0 aliphatic heterocycles. The molecule has 5 heteroatoms. The smallest absolute Gasteiger partial charge is 0.251 e. The number of carbonyl (C=O) groups excluding carboxylic acids is 1. The van der Waals surface area contributed by atoms with Gasteiger partial charge in [0.15, 0.2) is 0 Å². The maximum absolute atomic E-state index is 13.0. The molecule has 0 spiro atoms. The summed E-state index contributed by atoms with van der Waals surface area (Å²) in [6, 6.07) is 4.09. The van der Waals surface area contributed by atoms with Crippen molar-refractivity contribution in [3.05, 3.63) is 29.6 Å². The Kier molecular flexibility index (Phi) is 5.44.